The molecule has 9 heteroatoms. The fraction of sp³-hybridized carbons (Fsp3) is 0.333. The first-order valence-corrected chi connectivity index (χ1v) is 6.58. The van der Waals surface area contributed by atoms with Gasteiger partial charge in [-0.1, -0.05) is 0 Å². The van der Waals surface area contributed by atoms with Gasteiger partial charge in [0.2, 0.25) is 5.91 Å². The molecule has 0 radical (unpaired) electrons. The fourth-order valence-electron chi connectivity index (χ4n) is 2.03. The highest BCUT2D eigenvalue weighted by atomic mass is 79.9. The summed E-state index contributed by atoms with van der Waals surface area (Å²) < 4.78 is 40.3. The third kappa shape index (κ3) is 3.46. The Bertz CT molecular complexity index is 590. The van der Waals surface area contributed by atoms with Crippen molar-refractivity contribution in [2.24, 2.45) is 5.92 Å². The molecule has 0 spiro atoms. The number of alkyl halides is 3. The topological polar surface area (TPSA) is 66.8 Å². The van der Waals surface area contributed by atoms with Crippen LogP contribution in [0.3, 0.4) is 0 Å². The minimum atomic E-state index is -4.82. The van der Waals surface area contributed by atoms with Crippen LogP contribution in [0.4, 0.5) is 18.9 Å². The predicted molar refractivity (Wildman–Crippen MR) is 68.9 cm³/mol. The van der Waals surface area contributed by atoms with Crippen molar-refractivity contribution >= 4 is 33.5 Å². The molecule has 1 saturated heterocycles. The van der Waals surface area contributed by atoms with Crippen LogP contribution in [-0.4, -0.2) is 29.9 Å². The average molecular weight is 368 g/mol. The number of aliphatic carboxylic acids is 1. The van der Waals surface area contributed by atoms with Crippen LogP contribution in [0.5, 0.6) is 5.75 Å². The minimum absolute atomic E-state index is 0.0175. The zero-order valence-corrected chi connectivity index (χ0v) is 11.9. The number of rotatable bonds is 3. The molecule has 1 N–H and O–H groups in total. The highest BCUT2D eigenvalue weighted by Crippen LogP contribution is 2.35. The Morgan fingerprint density at radius 1 is 1.43 bits per heavy atom. The predicted octanol–water partition coefficient (Wildman–Crippen LogP) is 2.79. The van der Waals surface area contributed by atoms with Crippen LogP contribution >= 0.6 is 15.9 Å². The molecule has 1 atom stereocenters. The number of benzene rings is 1. The zero-order chi connectivity index (χ0) is 15.8. The normalized spacial score (nSPS) is 19.0. The van der Waals surface area contributed by atoms with Gasteiger partial charge in [-0.2, -0.15) is 0 Å². The Hall–Kier alpha value is -1.77. The number of carboxylic acid groups (broad SMARTS) is 1. The van der Waals surface area contributed by atoms with Gasteiger partial charge < -0.3 is 14.7 Å². The summed E-state index contributed by atoms with van der Waals surface area (Å²) in [5.74, 6) is -3.35. The molecule has 0 saturated carbocycles. The second-order valence-electron chi connectivity index (χ2n) is 4.33. The van der Waals surface area contributed by atoms with Crippen LogP contribution < -0.4 is 9.64 Å². The molecule has 1 aliphatic heterocycles. The third-order valence-electron chi connectivity index (χ3n) is 2.96. The van der Waals surface area contributed by atoms with Crippen LogP contribution in [-0.2, 0) is 9.59 Å². The van der Waals surface area contributed by atoms with Gasteiger partial charge in [-0.05, 0) is 40.5 Å². The second-order valence-corrected chi connectivity index (χ2v) is 5.19. The summed E-state index contributed by atoms with van der Waals surface area (Å²) in [5, 5.41) is 8.87. The van der Waals surface area contributed by atoms with Gasteiger partial charge in [0, 0.05) is 12.2 Å². The molecule has 0 aromatic heterocycles. The SMILES string of the molecule is O=C(O)C1CCN(c2ccc(OC(F)(F)F)c(Br)c2)C1=O. The van der Waals surface area contributed by atoms with E-state index >= 15 is 0 Å². The summed E-state index contributed by atoms with van der Waals surface area (Å²) in [6.45, 7) is 0.196. The number of carbonyl (C=O) groups excluding carboxylic acids is 1. The van der Waals surface area contributed by atoms with Crippen molar-refractivity contribution in [3.63, 3.8) is 0 Å². The lowest BCUT2D eigenvalue weighted by Gasteiger charge is -2.18. The van der Waals surface area contributed by atoms with E-state index in [0.29, 0.717) is 5.69 Å². The maximum atomic E-state index is 12.2. The summed E-state index contributed by atoms with van der Waals surface area (Å²) in [6.07, 6.45) is -4.66. The van der Waals surface area contributed by atoms with Gasteiger partial charge in [0.15, 0.2) is 0 Å². The standard InChI is InChI=1S/C12H9BrF3NO4/c13-8-5-6(1-2-9(8)21-12(14,15)16)17-4-3-7(10(17)18)11(19)20/h1-2,5,7H,3-4H2,(H,19,20). The van der Waals surface area contributed by atoms with E-state index in [0.717, 1.165) is 6.07 Å². The summed E-state index contributed by atoms with van der Waals surface area (Å²) in [6, 6.07) is 3.62. The van der Waals surface area contributed by atoms with E-state index < -0.39 is 29.9 Å². The number of amides is 1. The highest BCUT2D eigenvalue weighted by Gasteiger charge is 2.38. The monoisotopic (exact) mass is 367 g/mol. The molecule has 5 nitrogen and oxygen atoms in total. The third-order valence-corrected chi connectivity index (χ3v) is 3.58. The average Bonchev–Trinajstić information content (AvgIpc) is 2.72. The lowest BCUT2D eigenvalue weighted by molar-refractivity contribution is -0.274. The van der Waals surface area contributed by atoms with Crippen LogP contribution in [0.1, 0.15) is 6.42 Å². The molecule has 1 aromatic carbocycles. The van der Waals surface area contributed by atoms with Gasteiger partial charge in [-0.15, -0.1) is 13.2 Å². The minimum Gasteiger partial charge on any atom is -0.481 e. The molecule has 1 unspecified atom stereocenters. The van der Waals surface area contributed by atoms with Crippen molar-refractivity contribution < 1.29 is 32.6 Å². The van der Waals surface area contributed by atoms with Crippen molar-refractivity contribution in [1.29, 1.82) is 0 Å². The first-order chi connectivity index (χ1) is 9.69. The Morgan fingerprint density at radius 2 is 2.10 bits per heavy atom. The Labute approximate surface area is 125 Å². The van der Waals surface area contributed by atoms with Crippen LogP contribution in [0, 0.1) is 5.92 Å². The number of ether oxygens (including phenoxy) is 1. The van der Waals surface area contributed by atoms with Crippen molar-refractivity contribution in [3.05, 3.63) is 22.7 Å². The second kappa shape index (κ2) is 5.55. The molecular weight excluding hydrogens is 359 g/mol. The Balaban J connectivity index is 2.21. The largest absolute Gasteiger partial charge is 0.573 e. The van der Waals surface area contributed by atoms with Crippen molar-refractivity contribution in [3.8, 4) is 5.75 Å². The molecule has 1 fully saturated rings. The zero-order valence-electron chi connectivity index (χ0n) is 10.4. The van der Waals surface area contributed by atoms with Gasteiger partial charge in [0.1, 0.15) is 11.7 Å². The molecule has 2 rings (SSSR count). The summed E-state index contributed by atoms with van der Waals surface area (Å²) in [4.78, 5) is 24.0. The molecule has 0 bridgehead atoms. The van der Waals surface area contributed by atoms with Crippen molar-refractivity contribution in [2.75, 3.05) is 11.4 Å². The molecule has 1 amide bonds. The molecule has 0 aliphatic carbocycles. The smallest absolute Gasteiger partial charge is 0.481 e. The van der Waals surface area contributed by atoms with Gasteiger partial charge in [-0.3, -0.25) is 9.59 Å². The quantitative estimate of drug-likeness (QED) is 0.834. The summed E-state index contributed by atoms with van der Waals surface area (Å²) >= 11 is 2.93. The van der Waals surface area contributed by atoms with E-state index in [9.17, 15) is 22.8 Å². The van der Waals surface area contributed by atoms with Crippen LogP contribution in [0.2, 0.25) is 0 Å². The molecule has 114 valence electrons. The van der Waals surface area contributed by atoms with E-state index in [-0.39, 0.29) is 17.4 Å². The maximum Gasteiger partial charge on any atom is 0.573 e. The number of halogens is 4. The van der Waals surface area contributed by atoms with E-state index in [1.807, 2.05) is 0 Å². The number of carbonyl (C=O) groups is 2. The molecule has 1 aromatic rings. The van der Waals surface area contributed by atoms with E-state index in [1.54, 1.807) is 0 Å². The Morgan fingerprint density at radius 3 is 2.57 bits per heavy atom. The number of carboxylic acids is 1. The van der Waals surface area contributed by atoms with E-state index in [4.69, 9.17) is 5.11 Å². The van der Waals surface area contributed by atoms with Crippen molar-refractivity contribution in [1.82, 2.24) is 0 Å². The Kier molecular flexibility index (Phi) is 4.13. The highest BCUT2D eigenvalue weighted by molar-refractivity contribution is 9.10. The first-order valence-electron chi connectivity index (χ1n) is 5.78. The van der Waals surface area contributed by atoms with Crippen molar-refractivity contribution in [2.45, 2.75) is 12.8 Å². The molecule has 1 heterocycles. The molecular formula is C12H9BrF3NO4. The lowest BCUT2D eigenvalue weighted by Crippen LogP contribution is -2.30. The van der Waals surface area contributed by atoms with E-state index in [2.05, 4.69) is 20.7 Å². The van der Waals surface area contributed by atoms with Crippen LogP contribution in [0.25, 0.3) is 0 Å². The molecule has 1 aliphatic rings. The van der Waals surface area contributed by atoms with Gasteiger partial charge in [0.25, 0.3) is 0 Å². The summed E-state index contributed by atoms with van der Waals surface area (Å²) in [5.41, 5.74) is 0.310. The lowest BCUT2D eigenvalue weighted by atomic mass is 10.1. The number of hydrogen-bond acceptors (Lipinski definition) is 3. The summed E-state index contributed by atoms with van der Waals surface area (Å²) in [7, 11) is 0. The number of anilines is 1. The number of hydrogen-bond donors (Lipinski definition) is 1. The van der Waals surface area contributed by atoms with Crippen LogP contribution in [0.15, 0.2) is 22.7 Å². The number of nitrogens with zero attached hydrogens (tertiary/aromatic N) is 1. The van der Waals surface area contributed by atoms with Gasteiger partial charge in [-0.25, -0.2) is 0 Å². The first kappa shape index (κ1) is 15.6. The fourth-order valence-corrected chi connectivity index (χ4v) is 2.48. The van der Waals surface area contributed by atoms with Gasteiger partial charge >= 0.3 is 12.3 Å². The van der Waals surface area contributed by atoms with Gasteiger partial charge in [0.05, 0.1) is 4.47 Å². The maximum absolute atomic E-state index is 12.2. The molecule has 21 heavy (non-hydrogen) atoms. The van der Waals surface area contributed by atoms with E-state index in [1.165, 1.54) is 17.0 Å².